The largest absolute Gasteiger partial charge is 0.481 e. The highest BCUT2D eigenvalue weighted by molar-refractivity contribution is 6.45. The molecule has 2 aromatic carbocycles. The lowest BCUT2D eigenvalue weighted by molar-refractivity contribution is -0.137. The first-order valence-electron chi connectivity index (χ1n) is 12.9. The SMILES string of the molecule is CCC1CN(C(=O)c2ccccc2)CCN1C(=O)C(=O)c1c[nH]c2c(NC(=O)NCCCC(=O)O)cccc12. The predicted molar refractivity (Wildman–Crippen MR) is 145 cm³/mol. The number of aromatic nitrogens is 1. The van der Waals surface area contributed by atoms with Gasteiger partial charge in [0, 0.05) is 55.8 Å². The van der Waals surface area contributed by atoms with Gasteiger partial charge in [0.25, 0.3) is 17.6 Å². The fourth-order valence-electron chi connectivity index (χ4n) is 4.72. The van der Waals surface area contributed by atoms with Gasteiger partial charge in [-0.1, -0.05) is 37.3 Å². The van der Waals surface area contributed by atoms with E-state index in [2.05, 4.69) is 15.6 Å². The van der Waals surface area contributed by atoms with Gasteiger partial charge in [0.1, 0.15) is 0 Å². The van der Waals surface area contributed by atoms with E-state index >= 15 is 0 Å². The summed E-state index contributed by atoms with van der Waals surface area (Å²) in [6.07, 6.45) is 2.28. The van der Waals surface area contributed by atoms with Crippen molar-refractivity contribution in [3.63, 3.8) is 0 Å². The number of carboxylic acid groups (broad SMARTS) is 1. The fraction of sp³-hybridized carbons (Fsp3) is 0.321. The normalized spacial score (nSPS) is 15.2. The van der Waals surface area contributed by atoms with Crippen molar-refractivity contribution >= 4 is 46.2 Å². The van der Waals surface area contributed by atoms with Crippen molar-refractivity contribution in [2.45, 2.75) is 32.2 Å². The third-order valence-electron chi connectivity index (χ3n) is 6.78. The number of H-pyrrole nitrogens is 1. The van der Waals surface area contributed by atoms with Crippen LogP contribution in [0.4, 0.5) is 10.5 Å². The number of nitrogens with one attached hydrogen (secondary N) is 3. The van der Waals surface area contributed by atoms with E-state index in [1.165, 1.54) is 6.20 Å². The topological polar surface area (TPSA) is 152 Å². The monoisotopic (exact) mass is 533 g/mol. The van der Waals surface area contributed by atoms with Crippen LogP contribution in [0.25, 0.3) is 10.9 Å². The van der Waals surface area contributed by atoms with E-state index < -0.39 is 23.7 Å². The van der Waals surface area contributed by atoms with Crippen molar-refractivity contribution in [1.29, 1.82) is 0 Å². The van der Waals surface area contributed by atoms with Crippen molar-refractivity contribution < 1.29 is 29.1 Å². The lowest BCUT2D eigenvalue weighted by Crippen LogP contribution is -2.57. The van der Waals surface area contributed by atoms with Crippen molar-refractivity contribution in [2.75, 3.05) is 31.5 Å². The number of amides is 4. The first-order valence-corrected chi connectivity index (χ1v) is 12.9. The summed E-state index contributed by atoms with van der Waals surface area (Å²) in [7, 11) is 0. The van der Waals surface area contributed by atoms with Gasteiger partial charge in [0.05, 0.1) is 16.8 Å². The van der Waals surface area contributed by atoms with E-state index in [0.717, 1.165) is 0 Å². The molecule has 204 valence electrons. The number of hydrogen-bond donors (Lipinski definition) is 4. The minimum Gasteiger partial charge on any atom is -0.481 e. The Labute approximate surface area is 225 Å². The third-order valence-corrected chi connectivity index (χ3v) is 6.78. The van der Waals surface area contributed by atoms with E-state index in [4.69, 9.17) is 5.11 Å². The second-order valence-corrected chi connectivity index (χ2v) is 9.32. The number of carboxylic acids is 1. The van der Waals surface area contributed by atoms with E-state index in [1.54, 1.807) is 52.3 Å². The average molecular weight is 534 g/mol. The van der Waals surface area contributed by atoms with Gasteiger partial charge in [-0.05, 0) is 31.0 Å². The number of aliphatic carboxylic acids is 1. The van der Waals surface area contributed by atoms with Gasteiger partial charge in [0.15, 0.2) is 0 Å². The van der Waals surface area contributed by atoms with Gasteiger partial charge in [-0.3, -0.25) is 19.2 Å². The maximum Gasteiger partial charge on any atom is 0.319 e. The molecule has 11 heteroatoms. The molecular formula is C28H31N5O6. The summed E-state index contributed by atoms with van der Waals surface area (Å²) in [5, 5.41) is 14.5. The molecule has 2 heterocycles. The van der Waals surface area contributed by atoms with Crippen molar-refractivity contribution in [3.8, 4) is 0 Å². The molecule has 0 radical (unpaired) electrons. The highest BCUT2D eigenvalue weighted by Gasteiger charge is 2.35. The molecule has 1 atom stereocenters. The minimum atomic E-state index is -0.937. The highest BCUT2D eigenvalue weighted by Crippen LogP contribution is 2.27. The van der Waals surface area contributed by atoms with Crippen LogP contribution in [0.2, 0.25) is 0 Å². The Morgan fingerprint density at radius 2 is 1.79 bits per heavy atom. The van der Waals surface area contributed by atoms with Gasteiger partial charge in [-0.15, -0.1) is 0 Å². The molecule has 1 unspecified atom stereocenters. The Kier molecular flexibility index (Phi) is 8.60. The smallest absolute Gasteiger partial charge is 0.319 e. The van der Waals surface area contributed by atoms with Crippen molar-refractivity contribution in [3.05, 3.63) is 65.9 Å². The molecule has 0 spiro atoms. The number of nitrogens with zero attached hydrogens (tertiary/aromatic N) is 2. The third kappa shape index (κ3) is 6.25. The number of hydrogen-bond acceptors (Lipinski definition) is 5. The number of piperazine rings is 1. The summed E-state index contributed by atoms with van der Waals surface area (Å²) < 4.78 is 0. The number of fused-ring (bicyclic) bond motifs is 1. The van der Waals surface area contributed by atoms with Crippen LogP contribution >= 0.6 is 0 Å². The molecule has 1 aromatic heterocycles. The Morgan fingerprint density at radius 3 is 2.51 bits per heavy atom. The Hall–Kier alpha value is -4.67. The molecule has 4 amide bonds. The molecule has 3 aromatic rings. The zero-order valence-corrected chi connectivity index (χ0v) is 21.6. The molecule has 0 aliphatic carbocycles. The molecule has 0 bridgehead atoms. The van der Waals surface area contributed by atoms with Crippen LogP contribution < -0.4 is 10.6 Å². The summed E-state index contributed by atoms with van der Waals surface area (Å²) in [6.45, 7) is 3.03. The van der Waals surface area contributed by atoms with Gasteiger partial charge in [0.2, 0.25) is 0 Å². The zero-order valence-electron chi connectivity index (χ0n) is 21.6. The first-order chi connectivity index (χ1) is 18.8. The number of carbonyl (C=O) groups is 5. The Bertz CT molecular complexity index is 1390. The summed E-state index contributed by atoms with van der Waals surface area (Å²) >= 11 is 0. The van der Waals surface area contributed by atoms with E-state index in [0.29, 0.717) is 48.1 Å². The number of ketones is 1. The number of urea groups is 1. The maximum atomic E-state index is 13.4. The average Bonchev–Trinajstić information content (AvgIpc) is 3.39. The number of rotatable bonds is 9. The minimum absolute atomic E-state index is 0.0523. The molecule has 0 saturated carbocycles. The number of aromatic amines is 1. The Morgan fingerprint density at radius 1 is 1.03 bits per heavy atom. The molecule has 39 heavy (non-hydrogen) atoms. The number of para-hydroxylation sites is 1. The number of benzene rings is 2. The number of carbonyl (C=O) groups excluding carboxylic acids is 4. The van der Waals surface area contributed by atoms with Gasteiger partial charge >= 0.3 is 12.0 Å². The molecule has 1 aliphatic rings. The van der Waals surface area contributed by atoms with E-state index in [1.807, 2.05) is 13.0 Å². The van der Waals surface area contributed by atoms with E-state index in [-0.39, 0.29) is 37.0 Å². The number of anilines is 1. The zero-order chi connectivity index (χ0) is 27.9. The quantitative estimate of drug-likeness (QED) is 0.188. The van der Waals surface area contributed by atoms with Gasteiger partial charge in [-0.25, -0.2) is 4.79 Å². The molecule has 1 saturated heterocycles. The predicted octanol–water partition coefficient (Wildman–Crippen LogP) is 3.10. The second kappa shape index (κ2) is 12.2. The lowest BCUT2D eigenvalue weighted by Gasteiger charge is -2.40. The van der Waals surface area contributed by atoms with Crippen molar-refractivity contribution in [1.82, 2.24) is 20.1 Å². The number of Topliss-reactive ketones (excluding diaryl/α,β-unsaturated/α-hetero) is 1. The molecule has 4 N–H and O–H groups in total. The summed E-state index contributed by atoms with van der Waals surface area (Å²) in [6, 6.07) is 13.2. The molecule has 1 fully saturated rings. The highest BCUT2D eigenvalue weighted by atomic mass is 16.4. The second-order valence-electron chi connectivity index (χ2n) is 9.32. The van der Waals surface area contributed by atoms with Crippen LogP contribution in [-0.2, 0) is 9.59 Å². The molecule has 4 rings (SSSR count). The van der Waals surface area contributed by atoms with Crippen LogP contribution in [0.15, 0.2) is 54.7 Å². The fourth-order valence-corrected chi connectivity index (χ4v) is 4.72. The lowest BCUT2D eigenvalue weighted by atomic mass is 10.0. The van der Waals surface area contributed by atoms with Crippen LogP contribution in [0.1, 0.15) is 46.9 Å². The van der Waals surface area contributed by atoms with Crippen molar-refractivity contribution in [2.24, 2.45) is 0 Å². The molecular weight excluding hydrogens is 502 g/mol. The van der Waals surface area contributed by atoms with Gasteiger partial charge in [-0.2, -0.15) is 0 Å². The van der Waals surface area contributed by atoms with Crippen LogP contribution in [0, 0.1) is 0 Å². The summed E-state index contributed by atoms with van der Waals surface area (Å²) in [5.41, 5.74) is 1.67. The van der Waals surface area contributed by atoms with Crippen LogP contribution in [-0.4, -0.2) is 81.7 Å². The maximum absolute atomic E-state index is 13.4. The first kappa shape index (κ1) is 27.4. The Balaban J connectivity index is 1.44. The molecule has 1 aliphatic heterocycles. The van der Waals surface area contributed by atoms with Crippen LogP contribution in [0.3, 0.4) is 0 Å². The summed E-state index contributed by atoms with van der Waals surface area (Å²) in [5.74, 6) is -2.34. The standard InChI is InChI=1S/C28H31N5O6/c1-2-19-17-32(26(37)18-8-4-3-5-9-18)14-15-33(19)27(38)25(36)21-16-30-24-20(21)10-6-11-22(24)31-28(39)29-13-7-12-23(34)35/h3-6,8-11,16,19,30H,2,7,12-15,17H2,1H3,(H,34,35)(H2,29,31,39). The van der Waals surface area contributed by atoms with Gasteiger partial charge < -0.3 is 30.5 Å². The summed E-state index contributed by atoms with van der Waals surface area (Å²) in [4.78, 5) is 68.7. The molecule has 11 nitrogen and oxygen atoms in total. The van der Waals surface area contributed by atoms with E-state index in [9.17, 15) is 24.0 Å². The van der Waals surface area contributed by atoms with Crippen LogP contribution in [0.5, 0.6) is 0 Å².